The second-order valence-electron chi connectivity index (χ2n) is 12.9. The molecule has 238 valence electrons. The van der Waals surface area contributed by atoms with Gasteiger partial charge in [0.05, 0.1) is 27.5 Å². The Morgan fingerprint density at radius 2 is 1.00 bits per heavy atom. The van der Waals surface area contributed by atoms with E-state index in [-0.39, 0.29) is 0 Å². The van der Waals surface area contributed by atoms with Gasteiger partial charge >= 0.3 is 0 Å². The van der Waals surface area contributed by atoms with Crippen LogP contribution in [0.5, 0.6) is 0 Å². The molecule has 0 spiro atoms. The van der Waals surface area contributed by atoms with E-state index >= 15 is 0 Å². The van der Waals surface area contributed by atoms with Crippen molar-refractivity contribution in [3.05, 3.63) is 164 Å². The van der Waals surface area contributed by atoms with Gasteiger partial charge in [0, 0.05) is 43.7 Å². The van der Waals surface area contributed by atoms with Gasteiger partial charge in [0.1, 0.15) is 11.2 Å². The predicted molar refractivity (Wildman–Crippen MR) is 207 cm³/mol. The minimum absolute atomic E-state index is 0.546. The van der Waals surface area contributed by atoms with Gasteiger partial charge in [0.15, 0.2) is 11.6 Å². The van der Waals surface area contributed by atoms with Crippen molar-refractivity contribution >= 4 is 65.6 Å². The van der Waals surface area contributed by atoms with E-state index in [1.165, 1.54) is 10.8 Å². The normalized spacial score (nSPS) is 11.9. The van der Waals surface area contributed by atoms with Crippen molar-refractivity contribution < 1.29 is 4.42 Å². The molecule has 11 rings (SSSR count). The Kier molecular flexibility index (Phi) is 5.86. The van der Waals surface area contributed by atoms with E-state index in [4.69, 9.17) is 19.4 Å². The van der Waals surface area contributed by atoms with Crippen molar-refractivity contribution in [2.24, 2.45) is 0 Å². The average molecular weight is 654 g/mol. The van der Waals surface area contributed by atoms with Gasteiger partial charge in [-0.15, -0.1) is 0 Å². The van der Waals surface area contributed by atoms with Crippen LogP contribution in [0.2, 0.25) is 0 Å². The summed E-state index contributed by atoms with van der Waals surface area (Å²) in [6.45, 7) is 0. The standard InChI is InChI=1S/C45H27N5O/c1-3-13-28(14-4-1)43-46-44(29-23-24-32-31-17-7-10-20-36(31)49(39(32)27-29)30-15-5-2-6-16-30)48-45(47-43)50-37-21-11-8-19-35(37)41-38(50)26-25-34-33-18-9-12-22-40(33)51-42(34)41/h1-27H. The molecule has 11 aromatic rings. The Labute approximate surface area is 291 Å². The molecule has 6 nitrogen and oxygen atoms in total. The van der Waals surface area contributed by atoms with Gasteiger partial charge in [-0.05, 0) is 48.5 Å². The van der Waals surface area contributed by atoms with Crippen molar-refractivity contribution in [1.29, 1.82) is 0 Å². The second kappa shape index (κ2) is 10.7. The van der Waals surface area contributed by atoms with Crippen LogP contribution in [-0.2, 0) is 0 Å². The number of furan rings is 1. The Hall–Kier alpha value is -7.05. The molecule has 0 bridgehead atoms. The first-order valence-corrected chi connectivity index (χ1v) is 17.0. The molecule has 0 aliphatic carbocycles. The summed E-state index contributed by atoms with van der Waals surface area (Å²) < 4.78 is 11.0. The fourth-order valence-electron chi connectivity index (χ4n) is 7.73. The number of para-hydroxylation sites is 4. The Morgan fingerprint density at radius 1 is 0.392 bits per heavy atom. The number of fused-ring (bicyclic) bond motifs is 10. The summed E-state index contributed by atoms with van der Waals surface area (Å²) in [5.41, 5.74) is 8.87. The highest BCUT2D eigenvalue weighted by Crippen LogP contribution is 2.41. The molecule has 0 saturated heterocycles. The van der Waals surface area contributed by atoms with Gasteiger partial charge in [-0.3, -0.25) is 4.57 Å². The van der Waals surface area contributed by atoms with Gasteiger partial charge in [-0.25, -0.2) is 4.98 Å². The lowest BCUT2D eigenvalue weighted by molar-refractivity contribution is 0.673. The molecule has 0 aliphatic rings. The van der Waals surface area contributed by atoms with Crippen molar-refractivity contribution in [2.45, 2.75) is 0 Å². The zero-order chi connectivity index (χ0) is 33.5. The van der Waals surface area contributed by atoms with Crippen molar-refractivity contribution in [3.8, 4) is 34.4 Å². The molecule has 4 aromatic heterocycles. The van der Waals surface area contributed by atoms with Crippen molar-refractivity contribution in [2.75, 3.05) is 0 Å². The van der Waals surface area contributed by atoms with Crippen LogP contribution in [0.4, 0.5) is 0 Å². The number of benzene rings is 7. The van der Waals surface area contributed by atoms with E-state index in [0.717, 1.165) is 71.6 Å². The lowest BCUT2D eigenvalue weighted by atomic mass is 10.1. The highest BCUT2D eigenvalue weighted by atomic mass is 16.3. The largest absolute Gasteiger partial charge is 0.455 e. The Morgan fingerprint density at radius 3 is 1.80 bits per heavy atom. The third-order valence-electron chi connectivity index (χ3n) is 9.98. The molecule has 7 aromatic carbocycles. The fourth-order valence-corrected chi connectivity index (χ4v) is 7.73. The van der Waals surface area contributed by atoms with Gasteiger partial charge in [0.2, 0.25) is 5.95 Å². The highest BCUT2D eigenvalue weighted by molar-refractivity contribution is 6.23. The fraction of sp³-hybridized carbons (Fsp3) is 0. The number of hydrogen-bond acceptors (Lipinski definition) is 4. The molecule has 0 fully saturated rings. The molecule has 51 heavy (non-hydrogen) atoms. The molecule has 4 heterocycles. The summed E-state index contributed by atoms with van der Waals surface area (Å²) >= 11 is 0. The molecular weight excluding hydrogens is 627 g/mol. The zero-order valence-corrected chi connectivity index (χ0v) is 27.2. The van der Waals surface area contributed by atoms with E-state index in [1.54, 1.807) is 0 Å². The van der Waals surface area contributed by atoms with Gasteiger partial charge in [-0.1, -0.05) is 115 Å². The molecule has 0 saturated carbocycles. The van der Waals surface area contributed by atoms with Crippen molar-refractivity contribution in [3.63, 3.8) is 0 Å². The molecule has 0 N–H and O–H groups in total. The van der Waals surface area contributed by atoms with Gasteiger partial charge in [0.25, 0.3) is 0 Å². The van der Waals surface area contributed by atoms with Crippen LogP contribution in [0.15, 0.2) is 168 Å². The summed E-state index contributed by atoms with van der Waals surface area (Å²) in [6, 6.07) is 56.6. The summed E-state index contributed by atoms with van der Waals surface area (Å²) in [6.07, 6.45) is 0. The lowest BCUT2D eigenvalue weighted by Gasteiger charge is -2.12. The maximum absolute atomic E-state index is 6.55. The number of aromatic nitrogens is 5. The summed E-state index contributed by atoms with van der Waals surface area (Å²) in [5, 5.41) is 6.68. The zero-order valence-electron chi connectivity index (χ0n) is 27.2. The SMILES string of the molecule is c1ccc(-c2nc(-c3ccc4c5ccccc5n(-c5ccccc5)c4c3)nc(-n3c4ccccc4c4c5oc6ccccc6c5ccc43)n2)cc1. The maximum atomic E-state index is 6.55. The monoisotopic (exact) mass is 653 g/mol. The number of hydrogen-bond donors (Lipinski definition) is 0. The van der Waals surface area contributed by atoms with Gasteiger partial charge < -0.3 is 8.98 Å². The first kappa shape index (κ1) is 27.9. The van der Waals surface area contributed by atoms with E-state index in [1.807, 2.05) is 48.5 Å². The van der Waals surface area contributed by atoms with Crippen LogP contribution in [0.25, 0.3) is 100.0 Å². The molecule has 0 radical (unpaired) electrons. The quantitative estimate of drug-likeness (QED) is 0.190. The molecule has 6 heteroatoms. The van der Waals surface area contributed by atoms with E-state index in [9.17, 15) is 0 Å². The summed E-state index contributed by atoms with van der Waals surface area (Å²) in [5.74, 6) is 1.75. The topological polar surface area (TPSA) is 61.7 Å². The van der Waals surface area contributed by atoms with Crippen LogP contribution in [-0.4, -0.2) is 24.1 Å². The minimum atomic E-state index is 0.546. The van der Waals surface area contributed by atoms with Crippen LogP contribution in [0.3, 0.4) is 0 Å². The molecule has 0 aliphatic heterocycles. The molecule has 0 unspecified atom stereocenters. The van der Waals surface area contributed by atoms with Crippen molar-refractivity contribution in [1.82, 2.24) is 24.1 Å². The molecule has 0 atom stereocenters. The summed E-state index contributed by atoms with van der Waals surface area (Å²) in [7, 11) is 0. The first-order valence-electron chi connectivity index (χ1n) is 17.0. The second-order valence-corrected chi connectivity index (χ2v) is 12.9. The van der Waals surface area contributed by atoms with Crippen LogP contribution < -0.4 is 0 Å². The van der Waals surface area contributed by atoms with Crippen LogP contribution >= 0.6 is 0 Å². The van der Waals surface area contributed by atoms with Gasteiger partial charge in [-0.2, -0.15) is 9.97 Å². The maximum Gasteiger partial charge on any atom is 0.238 e. The third-order valence-corrected chi connectivity index (χ3v) is 9.98. The van der Waals surface area contributed by atoms with E-state index < -0.39 is 0 Å². The molecule has 0 amide bonds. The molecular formula is C45H27N5O. The minimum Gasteiger partial charge on any atom is -0.455 e. The van der Waals surface area contributed by atoms with E-state index in [2.05, 4.69) is 124 Å². The lowest BCUT2D eigenvalue weighted by Crippen LogP contribution is -2.06. The summed E-state index contributed by atoms with van der Waals surface area (Å²) in [4.78, 5) is 15.5. The smallest absolute Gasteiger partial charge is 0.238 e. The highest BCUT2D eigenvalue weighted by Gasteiger charge is 2.22. The van der Waals surface area contributed by atoms with E-state index in [0.29, 0.717) is 17.6 Å². The number of nitrogens with zero attached hydrogens (tertiary/aromatic N) is 5. The van der Waals surface area contributed by atoms with Crippen LogP contribution in [0, 0.1) is 0 Å². The average Bonchev–Trinajstić information content (AvgIpc) is 3.86. The van der Waals surface area contributed by atoms with Crippen LogP contribution in [0.1, 0.15) is 0 Å². The first-order chi connectivity index (χ1) is 25.3. The Balaban J connectivity index is 1.20. The third kappa shape index (κ3) is 4.14. The predicted octanol–water partition coefficient (Wildman–Crippen LogP) is 11.3. The Bertz CT molecular complexity index is 3140. The number of rotatable bonds is 4.